The van der Waals surface area contributed by atoms with E-state index in [0.29, 0.717) is 30.3 Å². The molecular weight excluding hydrogens is 460 g/mol. The predicted octanol–water partition coefficient (Wildman–Crippen LogP) is 7.67. The van der Waals surface area contributed by atoms with Gasteiger partial charge in [0, 0.05) is 12.3 Å². The molecule has 1 atom stereocenters. The summed E-state index contributed by atoms with van der Waals surface area (Å²) < 4.78 is 12.1. The van der Waals surface area contributed by atoms with Crippen LogP contribution in [0.15, 0.2) is 48.2 Å². The Hall–Kier alpha value is -2.72. The van der Waals surface area contributed by atoms with E-state index in [9.17, 15) is 9.59 Å². The van der Waals surface area contributed by atoms with Gasteiger partial charge in [-0.3, -0.25) is 9.59 Å². The van der Waals surface area contributed by atoms with E-state index >= 15 is 0 Å². The van der Waals surface area contributed by atoms with Crippen molar-refractivity contribution in [2.45, 2.75) is 92.8 Å². The number of Topliss-reactive ketones (excluding diaryl/α,β-unsaturated/α-hetero) is 1. The highest BCUT2D eigenvalue weighted by molar-refractivity contribution is 6.25. The predicted molar refractivity (Wildman–Crippen MR) is 148 cm³/mol. The molecule has 0 heterocycles. The standard InChI is InChI=1S/C33H42O4/c1-21-16-22(2)29(23(3)17-21)30-28(37-32(35)33(4,5)6)19-26(31(30)34)18-24-12-14-27(15-13-24)36-20-25-10-8-7-9-11-25/h7-11,16-17,24,26-27H,12-15,18-20H2,1-6H3. The van der Waals surface area contributed by atoms with Gasteiger partial charge in [0.1, 0.15) is 5.76 Å². The molecule has 0 saturated heterocycles. The largest absolute Gasteiger partial charge is 0.430 e. The zero-order valence-corrected chi connectivity index (χ0v) is 23.4. The second-order valence-corrected chi connectivity index (χ2v) is 12.2. The average Bonchev–Trinajstić information content (AvgIpc) is 3.12. The second kappa shape index (κ2) is 11.3. The van der Waals surface area contributed by atoms with Gasteiger partial charge < -0.3 is 9.47 Å². The maximum Gasteiger partial charge on any atom is 0.316 e. The van der Waals surface area contributed by atoms with E-state index in [2.05, 4.69) is 31.2 Å². The molecule has 0 amide bonds. The highest BCUT2D eigenvalue weighted by Crippen LogP contribution is 2.43. The Kier molecular flexibility index (Phi) is 8.38. The highest BCUT2D eigenvalue weighted by atomic mass is 16.5. The van der Waals surface area contributed by atoms with Crippen LogP contribution in [0.2, 0.25) is 0 Å². The number of esters is 1. The molecule has 1 unspecified atom stereocenters. The van der Waals surface area contributed by atoms with Gasteiger partial charge in [-0.05, 0) is 102 Å². The number of ketones is 1. The van der Waals surface area contributed by atoms with Gasteiger partial charge in [0.05, 0.1) is 23.7 Å². The van der Waals surface area contributed by atoms with Crippen LogP contribution in [0.5, 0.6) is 0 Å². The monoisotopic (exact) mass is 502 g/mol. The molecule has 198 valence electrons. The molecule has 2 aromatic rings. The minimum Gasteiger partial charge on any atom is -0.430 e. The molecule has 0 N–H and O–H groups in total. The first-order valence-electron chi connectivity index (χ1n) is 13.8. The summed E-state index contributed by atoms with van der Waals surface area (Å²) in [6, 6.07) is 14.5. The summed E-state index contributed by atoms with van der Waals surface area (Å²) >= 11 is 0. The summed E-state index contributed by atoms with van der Waals surface area (Å²) in [4.78, 5) is 26.7. The molecule has 4 nitrogen and oxygen atoms in total. The fourth-order valence-corrected chi connectivity index (χ4v) is 5.87. The van der Waals surface area contributed by atoms with E-state index in [-0.39, 0.29) is 23.8 Å². The van der Waals surface area contributed by atoms with Crippen LogP contribution < -0.4 is 0 Å². The van der Waals surface area contributed by atoms with Gasteiger partial charge >= 0.3 is 5.97 Å². The van der Waals surface area contributed by atoms with Gasteiger partial charge in [0.25, 0.3) is 0 Å². The first-order chi connectivity index (χ1) is 17.5. The molecule has 2 aliphatic carbocycles. The minimum absolute atomic E-state index is 0.134. The molecule has 37 heavy (non-hydrogen) atoms. The van der Waals surface area contributed by atoms with Crippen LogP contribution in [0.4, 0.5) is 0 Å². The maximum atomic E-state index is 13.9. The normalized spacial score (nSPS) is 22.4. The molecule has 1 fully saturated rings. The summed E-state index contributed by atoms with van der Waals surface area (Å²) in [5, 5.41) is 0. The van der Waals surface area contributed by atoms with E-state index in [0.717, 1.165) is 48.8 Å². The number of carbonyl (C=O) groups is 2. The Morgan fingerprint density at radius 3 is 2.16 bits per heavy atom. The Labute approximate surface area is 222 Å². The third kappa shape index (κ3) is 6.59. The third-order valence-electron chi connectivity index (χ3n) is 7.82. The molecule has 2 aromatic carbocycles. The van der Waals surface area contributed by atoms with E-state index in [1.807, 2.05) is 52.8 Å². The zero-order chi connectivity index (χ0) is 26.7. The number of aryl methyl sites for hydroxylation is 3. The lowest BCUT2D eigenvalue weighted by Crippen LogP contribution is -2.24. The van der Waals surface area contributed by atoms with Gasteiger partial charge in [-0.1, -0.05) is 48.0 Å². The number of rotatable bonds is 7. The van der Waals surface area contributed by atoms with Gasteiger partial charge in [-0.2, -0.15) is 0 Å². The number of hydrogen-bond donors (Lipinski definition) is 0. The van der Waals surface area contributed by atoms with Crippen LogP contribution >= 0.6 is 0 Å². The first-order valence-corrected chi connectivity index (χ1v) is 13.8. The van der Waals surface area contributed by atoms with Crippen molar-refractivity contribution in [2.75, 3.05) is 0 Å². The van der Waals surface area contributed by atoms with E-state index in [1.54, 1.807) is 0 Å². The summed E-state index contributed by atoms with van der Waals surface area (Å²) in [5.74, 6) is 0.764. The molecule has 0 spiro atoms. The number of carbonyl (C=O) groups excluding carboxylic acids is 2. The SMILES string of the molecule is Cc1cc(C)c(C2=C(OC(=O)C(C)(C)C)CC(CC3CCC(OCc4ccccc4)CC3)C2=O)c(C)c1. The average molecular weight is 503 g/mol. The Morgan fingerprint density at radius 2 is 1.57 bits per heavy atom. The zero-order valence-electron chi connectivity index (χ0n) is 23.4. The Morgan fingerprint density at radius 1 is 0.946 bits per heavy atom. The van der Waals surface area contributed by atoms with Crippen molar-refractivity contribution >= 4 is 17.3 Å². The third-order valence-corrected chi connectivity index (χ3v) is 7.82. The minimum atomic E-state index is -0.630. The van der Waals surface area contributed by atoms with Gasteiger partial charge in [0.2, 0.25) is 0 Å². The first kappa shape index (κ1) is 27.3. The van der Waals surface area contributed by atoms with Crippen molar-refractivity contribution in [3.8, 4) is 0 Å². The molecule has 2 aliphatic rings. The van der Waals surface area contributed by atoms with Gasteiger partial charge in [-0.25, -0.2) is 0 Å². The number of benzene rings is 2. The Bertz CT molecular complexity index is 1140. The van der Waals surface area contributed by atoms with Crippen LogP contribution in [-0.4, -0.2) is 17.9 Å². The number of allylic oxidation sites excluding steroid dienone is 2. The number of ether oxygens (including phenoxy) is 2. The molecule has 4 heteroatoms. The van der Waals surface area contributed by atoms with Crippen LogP contribution in [0, 0.1) is 38.0 Å². The molecule has 4 rings (SSSR count). The quantitative estimate of drug-likeness (QED) is 0.365. The molecule has 0 aliphatic heterocycles. The van der Waals surface area contributed by atoms with Crippen molar-refractivity contribution < 1.29 is 19.1 Å². The van der Waals surface area contributed by atoms with Gasteiger partial charge in [0.15, 0.2) is 5.78 Å². The lowest BCUT2D eigenvalue weighted by molar-refractivity contribution is -0.148. The molecule has 0 radical (unpaired) electrons. The maximum absolute atomic E-state index is 13.9. The molecule has 1 saturated carbocycles. The fraction of sp³-hybridized carbons (Fsp3) is 0.515. The molecule has 0 aromatic heterocycles. The van der Waals surface area contributed by atoms with Crippen molar-refractivity contribution in [3.63, 3.8) is 0 Å². The van der Waals surface area contributed by atoms with E-state index < -0.39 is 5.41 Å². The second-order valence-electron chi connectivity index (χ2n) is 12.2. The molecular formula is C33H42O4. The van der Waals surface area contributed by atoms with Crippen molar-refractivity contribution in [2.24, 2.45) is 17.3 Å². The summed E-state index contributed by atoms with van der Waals surface area (Å²) in [6.45, 7) is 12.4. The van der Waals surface area contributed by atoms with E-state index in [4.69, 9.17) is 9.47 Å². The Balaban J connectivity index is 1.44. The summed E-state index contributed by atoms with van der Waals surface area (Å²) in [5.41, 5.74) is 5.42. The smallest absolute Gasteiger partial charge is 0.316 e. The fourth-order valence-electron chi connectivity index (χ4n) is 5.87. The highest BCUT2D eigenvalue weighted by Gasteiger charge is 2.40. The lowest BCUT2D eigenvalue weighted by atomic mass is 9.80. The van der Waals surface area contributed by atoms with Crippen LogP contribution in [0.3, 0.4) is 0 Å². The van der Waals surface area contributed by atoms with Crippen molar-refractivity contribution in [1.29, 1.82) is 0 Å². The summed E-state index contributed by atoms with van der Waals surface area (Å²) in [6.07, 6.45) is 5.82. The van der Waals surface area contributed by atoms with Gasteiger partial charge in [-0.15, -0.1) is 0 Å². The van der Waals surface area contributed by atoms with Crippen molar-refractivity contribution in [3.05, 3.63) is 76.0 Å². The van der Waals surface area contributed by atoms with E-state index in [1.165, 1.54) is 11.1 Å². The molecule has 0 bridgehead atoms. The lowest BCUT2D eigenvalue weighted by Gasteiger charge is -2.30. The van der Waals surface area contributed by atoms with Crippen LogP contribution in [0.25, 0.3) is 5.57 Å². The number of hydrogen-bond acceptors (Lipinski definition) is 4. The van der Waals surface area contributed by atoms with Crippen LogP contribution in [0.1, 0.15) is 87.1 Å². The summed E-state index contributed by atoms with van der Waals surface area (Å²) in [7, 11) is 0. The van der Waals surface area contributed by atoms with Crippen molar-refractivity contribution in [1.82, 2.24) is 0 Å². The van der Waals surface area contributed by atoms with Crippen LogP contribution in [-0.2, 0) is 25.7 Å². The topological polar surface area (TPSA) is 52.6 Å².